The minimum Gasteiger partial charge on any atom is -0.399 e. The van der Waals surface area contributed by atoms with Crippen molar-refractivity contribution in [1.29, 1.82) is 0 Å². The number of carbonyl (C=O) groups is 1. The van der Waals surface area contributed by atoms with Gasteiger partial charge in [0.2, 0.25) is 0 Å². The fourth-order valence-electron chi connectivity index (χ4n) is 3.67. The smallest absolute Gasteiger partial charge is 0.283 e. The third kappa shape index (κ3) is 4.49. The van der Waals surface area contributed by atoms with Crippen molar-refractivity contribution >= 4 is 32.5 Å². The number of nitrogens with one attached hydrogen (secondary N) is 1. The summed E-state index contributed by atoms with van der Waals surface area (Å²) < 4.78 is 31.3. The summed E-state index contributed by atoms with van der Waals surface area (Å²) in [6.07, 6.45) is 1.98. The van der Waals surface area contributed by atoms with Crippen molar-refractivity contribution < 1.29 is 16.1 Å². The fourth-order valence-corrected chi connectivity index (χ4v) is 4.68. The number of aromatic nitrogens is 3. The number of hydrogen-bond acceptors (Lipinski definition) is 5. The second kappa shape index (κ2) is 8.08. The molecule has 4 rings (SSSR count). The second-order valence-electron chi connectivity index (χ2n) is 9.11. The molecule has 2 heterocycles. The van der Waals surface area contributed by atoms with Crippen molar-refractivity contribution in [3.05, 3.63) is 77.7 Å². The lowest BCUT2D eigenvalue weighted by molar-refractivity contribution is 0.0971. The van der Waals surface area contributed by atoms with Crippen LogP contribution in [-0.2, 0) is 29.0 Å². The summed E-state index contributed by atoms with van der Waals surface area (Å²) >= 11 is 0. The lowest BCUT2D eigenvalue weighted by atomic mass is 9.92. The normalized spacial score (nSPS) is 12.2. The molecule has 2 aromatic carbocycles. The Morgan fingerprint density at radius 2 is 1.85 bits per heavy atom. The summed E-state index contributed by atoms with van der Waals surface area (Å²) in [7, 11) is -2.13. The molecule has 176 valence electrons. The van der Waals surface area contributed by atoms with Crippen LogP contribution in [0.15, 0.2) is 65.7 Å². The number of carbonyl (C=O) groups excluding carboxylic acids is 1. The topological polar surface area (TPSA) is 112 Å². The van der Waals surface area contributed by atoms with E-state index in [4.69, 9.17) is 5.73 Å². The quantitative estimate of drug-likeness (QED) is 0.430. The average Bonchev–Trinajstić information content (AvgIpc) is 3.33. The highest BCUT2D eigenvalue weighted by molar-refractivity contribution is 7.90. The maximum absolute atomic E-state index is 13.2. The average molecular weight is 470 g/mol. The lowest BCUT2D eigenvalue weighted by Crippen LogP contribution is -2.32. The van der Waals surface area contributed by atoms with Crippen molar-refractivity contribution in [2.45, 2.75) is 37.6 Å². The van der Waals surface area contributed by atoms with Crippen LogP contribution in [0.5, 0.6) is 0 Å². The van der Waals surface area contributed by atoms with Crippen LogP contribution in [0.25, 0.3) is 10.9 Å². The molecule has 0 aliphatic rings. The molecule has 0 atom stereocenters. The third-order valence-electron chi connectivity index (χ3n) is 5.51. The third-order valence-corrected chi connectivity index (χ3v) is 6.84. The van der Waals surface area contributed by atoms with Gasteiger partial charge in [-0.05, 0) is 42.0 Å². The number of hydrogen-bond donors (Lipinski definition) is 2. The molecule has 0 fully saturated rings. The number of nitrogen functional groups attached to an aromatic ring is 1. The first-order chi connectivity index (χ1) is 15.5. The molecule has 0 aliphatic heterocycles. The van der Waals surface area contributed by atoms with Gasteiger partial charge in [0.1, 0.15) is 5.69 Å². The van der Waals surface area contributed by atoms with Crippen LogP contribution < -0.4 is 10.5 Å². The highest BCUT2D eigenvalue weighted by Crippen LogP contribution is 2.25. The Morgan fingerprint density at radius 3 is 2.55 bits per heavy atom. The summed E-state index contributed by atoms with van der Waals surface area (Å²) in [5.74, 6) is -0.749. The summed E-state index contributed by atoms with van der Waals surface area (Å²) in [5.41, 5.74) is 8.57. The molecular formula is C24H31N5O3S. The Morgan fingerprint density at radius 1 is 1.12 bits per heavy atom. The highest BCUT2D eigenvalue weighted by atomic mass is 32.2. The molecule has 0 radical (unpaired) electrons. The minimum atomic E-state index is -4.10. The van der Waals surface area contributed by atoms with E-state index in [-0.39, 0.29) is 18.9 Å². The monoisotopic (exact) mass is 469 g/mol. The SMILES string of the molecule is Cn1ccc2c(Cn3nc(C(C)(C)C)cc3C(=O)NS(=O)(=O)c3cccc(N)c3)cccc21.[HH].[HH]. The zero-order valence-electron chi connectivity index (χ0n) is 19.0. The summed E-state index contributed by atoms with van der Waals surface area (Å²) in [5, 5.41) is 5.71. The predicted molar refractivity (Wildman–Crippen MR) is 133 cm³/mol. The Bertz CT molecular complexity index is 1470. The Hall–Kier alpha value is -3.59. The number of nitrogens with zero attached hydrogens (tertiary/aromatic N) is 3. The summed E-state index contributed by atoms with van der Waals surface area (Å²) in [4.78, 5) is 13.1. The van der Waals surface area contributed by atoms with Crippen molar-refractivity contribution in [1.82, 2.24) is 19.1 Å². The molecule has 8 nitrogen and oxygen atoms in total. The fraction of sp³-hybridized carbons (Fsp3) is 0.250. The van der Waals surface area contributed by atoms with E-state index in [0.29, 0.717) is 17.9 Å². The van der Waals surface area contributed by atoms with Crippen LogP contribution in [0.4, 0.5) is 5.69 Å². The van der Waals surface area contributed by atoms with Crippen molar-refractivity contribution in [2.24, 2.45) is 7.05 Å². The maximum atomic E-state index is 13.2. The van der Waals surface area contributed by atoms with E-state index in [0.717, 1.165) is 16.5 Å². The van der Waals surface area contributed by atoms with E-state index in [1.54, 1.807) is 16.8 Å². The van der Waals surface area contributed by atoms with Crippen LogP contribution in [0.2, 0.25) is 0 Å². The number of amides is 1. The molecule has 0 bridgehead atoms. The van der Waals surface area contributed by atoms with Crippen LogP contribution >= 0.6 is 0 Å². The Balaban J connectivity index is 0.00000216. The first kappa shape index (κ1) is 22.6. The van der Waals surface area contributed by atoms with Gasteiger partial charge in [-0.2, -0.15) is 5.10 Å². The molecule has 0 unspecified atom stereocenters. The zero-order chi connectivity index (χ0) is 24.0. The predicted octanol–water partition coefficient (Wildman–Crippen LogP) is 3.91. The molecule has 2 aromatic heterocycles. The molecule has 9 heteroatoms. The molecule has 3 N–H and O–H groups in total. The maximum Gasteiger partial charge on any atom is 0.283 e. The van der Waals surface area contributed by atoms with Gasteiger partial charge in [-0.1, -0.05) is 39.0 Å². The lowest BCUT2D eigenvalue weighted by Gasteiger charge is -2.14. The number of aryl methyl sites for hydroxylation is 1. The number of nitrogens with two attached hydrogens (primary N) is 1. The first-order valence-electron chi connectivity index (χ1n) is 10.5. The van der Waals surface area contributed by atoms with E-state index < -0.39 is 15.9 Å². The zero-order valence-corrected chi connectivity index (χ0v) is 19.8. The van der Waals surface area contributed by atoms with Gasteiger partial charge in [0.15, 0.2) is 0 Å². The molecule has 4 aromatic rings. The van der Waals surface area contributed by atoms with Gasteiger partial charge >= 0.3 is 0 Å². The van der Waals surface area contributed by atoms with E-state index in [9.17, 15) is 13.2 Å². The standard InChI is InChI=1S/C24H27N5O3S.2H2/c1-24(2,3)22-14-21(23(30)27-33(31,32)18-9-6-8-17(25)13-18)29(26-22)15-16-7-5-10-20-19(16)11-12-28(20)4;;/h5-14H,15,25H2,1-4H3,(H,27,30);2*1H. The number of fused-ring (bicyclic) bond motifs is 1. The molecule has 1 amide bonds. The van der Waals surface area contributed by atoms with Gasteiger partial charge in [-0.3, -0.25) is 9.48 Å². The summed E-state index contributed by atoms with van der Waals surface area (Å²) in [6.45, 7) is 6.28. The second-order valence-corrected chi connectivity index (χ2v) is 10.8. The summed E-state index contributed by atoms with van der Waals surface area (Å²) in [6, 6.07) is 15.4. The van der Waals surface area contributed by atoms with Crippen LogP contribution in [0, 0.1) is 0 Å². The number of rotatable bonds is 5. The van der Waals surface area contributed by atoms with Gasteiger partial charge in [-0.25, -0.2) is 13.1 Å². The van der Waals surface area contributed by atoms with Gasteiger partial charge in [-0.15, -0.1) is 0 Å². The van der Waals surface area contributed by atoms with E-state index in [1.165, 1.54) is 18.2 Å². The number of benzene rings is 2. The van der Waals surface area contributed by atoms with Crippen molar-refractivity contribution in [3.63, 3.8) is 0 Å². The number of sulfonamides is 1. The van der Waals surface area contributed by atoms with Gasteiger partial charge < -0.3 is 10.3 Å². The molecular weight excluding hydrogens is 438 g/mol. The molecule has 0 spiro atoms. The van der Waals surface area contributed by atoms with Gasteiger partial charge in [0.25, 0.3) is 15.9 Å². The Labute approximate surface area is 196 Å². The van der Waals surface area contributed by atoms with Crippen LogP contribution in [-0.4, -0.2) is 28.7 Å². The highest BCUT2D eigenvalue weighted by Gasteiger charge is 2.26. The molecule has 0 saturated carbocycles. The Kier molecular flexibility index (Phi) is 5.53. The van der Waals surface area contributed by atoms with Crippen LogP contribution in [0.3, 0.4) is 0 Å². The van der Waals surface area contributed by atoms with E-state index in [2.05, 4.69) is 9.82 Å². The largest absolute Gasteiger partial charge is 0.399 e. The number of anilines is 1. The van der Waals surface area contributed by atoms with E-state index in [1.807, 2.05) is 62.8 Å². The molecule has 0 aliphatic carbocycles. The van der Waals surface area contributed by atoms with Gasteiger partial charge in [0.05, 0.1) is 17.1 Å². The van der Waals surface area contributed by atoms with E-state index >= 15 is 0 Å². The van der Waals surface area contributed by atoms with Crippen molar-refractivity contribution in [3.8, 4) is 0 Å². The van der Waals surface area contributed by atoms with Crippen molar-refractivity contribution in [2.75, 3.05) is 5.73 Å². The molecule has 33 heavy (non-hydrogen) atoms. The van der Waals surface area contributed by atoms with Gasteiger partial charge in [0, 0.05) is 38.1 Å². The molecule has 0 saturated heterocycles. The minimum absolute atomic E-state index is 0. The van der Waals surface area contributed by atoms with Crippen LogP contribution in [0.1, 0.15) is 45.4 Å². The first-order valence-corrected chi connectivity index (χ1v) is 12.0.